The molecule has 0 aromatic carbocycles. The van der Waals surface area contributed by atoms with Crippen molar-refractivity contribution in [3.8, 4) is 0 Å². The highest BCUT2D eigenvalue weighted by molar-refractivity contribution is 6.32. The maximum atomic E-state index is 12.4. The van der Waals surface area contributed by atoms with Crippen LogP contribution in [0, 0.1) is 13.8 Å². The van der Waals surface area contributed by atoms with Crippen molar-refractivity contribution in [2.45, 2.75) is 33.7 Å². The molecule has 0 bridgehead atoms. The summed E-state index contributed by atoms with van der Waals surface area (Å²) in [5.74, 6) is 0.00681. The van der Waals surface area contributed by atoms with E-state index >= 15 is 0 Å². The minimum atomic E-state index is 0.00681. The third-order valence-electron chi connectivity index (χ3n) is 3.08. The summed E-state index contributed by atoms with van der Waals surface area (Å²) >= 11 is 6.17. The summed E-state index contributed by atoms with van der Waals surface area (Å²) in [5, 5.41) is 9.06. The second-order valence-corrected chi connectivity index (χ2v) is 4.93. The lowest BCUT2D eigenvalue weighted by Crippen LogP contribution is -2.13. The van der Waals surface area contributed by atoms with Crippen LogP contribution in [0.1, 0.15) is 34.5 Å². The van der Waals surface area contributed by atoms with Gasteiger partial charge in [-0.2, -0.15) is 10.2 Å². The van der Waals surface area contributed by atoms with Gasteiger partial charge >= 0.3 is 0 Å². The lowest BCUT2D eigenvalue weighted by Gasteiger charge is -2.04. The molecule has 0 atom stereocenters. The predicted molar refractivity (Wildman–Crippen MR) is 73.6 cm³/mol. The van der Waals surface area contributed by atoms with Gasteiger partial charge < -0.3 is 0 Å². The Labute approximate surface area is 117 Å². The number of aromatic nitrogens is 4. The Hall–Kier alpha value is -1.62. The van der Waals surface area contributed by atoms with Gasteiger partial charge in [-0.05, 0) is 26.8 Å². The molecule has 2 heterocycles. The van der Waals surface area contributed by atoms with Crippen LogP contribution in [0.25, 0.3) is 0 Å². The van der Waals surface area contributed by atoms with E-state index in [2.05, 4.69) is 10.2 Å². The molecule has 6 heteroatoms. The molecule has 0 aliphatic heterocycles. The molecule has 102 valence electrons. The SMILES string of the molecule is CCn1nc(C)cc1C(=O)Cc1c(Cl)c(C)nn1C. The van der Waals surface area contributed by atoms with E-state index in [1.54, 1.807) is 16.4 Å². The Morgan fingerprint density at radius 1 is 1.37 bits per heavy atom. The van der Waals surface area contributed by atoms with Gasteiger partial charge in [0.15, 0.2) is 5.78 Å². The molecule has 0 saturated carbocycles. The fourth-order valence-corrected chi connectivity index (χ4v) is 2.35. The van der Waals surface area contributed by atoms with E-state index in [0.717, 1.165) is 17.1 Å². The van der Waals surface area contributed by atoms with Gasteiger partial charge in [-0.25, -0.2) is 0 Å². The van der Waals surface area contributed by atoms with Gasteiger partial charge in [0.05, 0.1) is 28.5 Å². The molecule has 19 heavy (non-hydrogen) atoms. The minimum Gasteiger partial charge on any atom is -0.292 e. The molecule has 0 fully saturated rings. The van der Waals surface area contributed by atoms with E-state index in [1.165, 1.54) is 0 Å². The fraction of sp³-hybridized carbons (Fsp3) is 0.462. The zero-order valence-corrected chi connectivity index (χ0v) is 12.3. The number of halogens is 1. The maximum Gasteiger partial charge on any atom is 0.186 e. The standard InChI is InChI=1S/C13H17ClN4O/c1-5-18-10(6-8(2)15-18)12(19)7-11-13(14)9(3)16-17(11)4/h6H,5,7H2,1-4H3. The molecule has 2 rings (SSSR count). The highest BCUT2D eigenvalue weighted by atomic mass is 35.5. The Bertz CT molecular complexity index is 627. The van der Waals surface area contributed by atoms with Crippen molar-refractivity contribution in [1.29, 1.82) is 0 Å². The number of aryl methyl sites for hydroxylation is 4. The van der Waals surface area contributed by atoms with Crippen LogP contribution in [0.3, 0.4) is 0 Å². The van der Waals surface area contributed by atoms with Gasteiger partial charge in [-0.15, -0.1) is 0 Å². The Kier molecular flexibility index (Phi) is 3.75. The molecule has 0 aliphatic rings. The third-order valence-corrected chi connectivity index (χ3v) is 3.57. The number of nitrogens with zero attached hydrogens (tertiary/aromatic N) is 4. The van der Waals surface area contributed by atoms with Crippen molar-refractivity contribution in [1.82, 2.24) is 19.6 Å². The molecule has 2 aromatic heterocycles. The topological polar surface area (TPSA) is 52.7 Å². The van der Waals surface area contributed by atoms with Gasteiger partial charge in [0.25, 0.3) is 0 Å². The van der Waals surface area contributed by atoms with Crippen molar-refractivity contribution in [3.05, 3.63) is 33.9 Å². The largest absolute Gasteiger partial charge is 0.292 e. The average Bonchev–Trinajstić information content (AvgIpc) is 2.85. The highest BCUT2D eigenvalue weighted by Crippen LogP contribution is 2.21. The number of ketones is 1. The smallest absolute Gasteiger partial charge is 0.186 e. The number of rotatable bonds is 4. The summed E-state index contributed by atoms with van der Waals surface area (Å²) in [5.41, 5.74) is 2.95. The van der Waals surface area contributed by atoms with Crippen molar-refractivity contribution >= 4 is 17.4 Å². The molecule has 0 unspecified atom stereocenters. The number of carbonyl (C=O) groups is 1. The third kappa shape index (κ3) is 2.56. The number of carbonyl (C=O) groups excluding carboxylic acids is 1. The van der Waals surface area contributed by atoms with Crippen LogP contribution in [-0.2, 0) is 20.0 Å². The Morgan fingerprint density at radius 2 is 2.05 bits per heavy atom. The van der Waals surface area contributed by atoms with E-state index in [9.17, 15) is 4.79 Å². The number of hydrogen-bond donors (Lipinski definition) is 0. The van der Waals surface area contributed by atoms with E-state index < -0.39 is 0 Å². The van der Waals surface area contributed by atoms with Crippen molar-refractivity contribution in [2.75, 3.05) is 0 Å². The van der Waals surface area contributed by atoms with Gasteiger partial charge in [-0.1, -0.05) is 11.6 Å². The zero-order valence-electron chi connectivity index (χ0n) is 11.6. The average molecular weight is 281 g/mol. The summed E-state index contributed by atoms with van der Waals surface area (Å²) in [4.78, 5) is 12.4. The van der Waals surface area contributed by atoms with Crippen LogP contribution in [-0.4, -0.2) is 25.3 Å². The maximum absolute atomic E-state index is 12.4. The first kappa shape index (κ1) is 13.8. The molecule has 0 amide bonds. The van der Waals surface area contributed by atoms with Gasteiger partial charge in [0.1, 0.15) is 5.69 Å². The first-order chi connectivity index (χ1) is 8.93. The number of hydrogen-bond acceptors (Lipinski definition) is 3. The normalized spacial score (nSPS) is 11.0. The summed E-state index contributed by atoms with van der Waals surface area (Å²) in [6.45, 7) is 6.35. The van der Waals surface area contributed by atoms with E-state index in [4.69, 9.17) is 11.6 Å². The van der Waals surface area contributed by atoms with Crippen molar-refractivity contribution < 1.29 is 4.79 Å². The first-order valence-corrected chi connectivity index (χ1v) is 6.57. The fourth-order valence-electron chi connectivity index (χ4n) is 2.13. The lowest BCUT2D eigenvalue weighted by atomic mass is 10.1. The van der Waals surface area contributed by atoms with Crippen LogP contribution >= 0.6 is 11.6 Å². The highest BCUT2D eigenvalue weighted by Gasteiger charge is 2.19. The first-order valence-electron chi connectivity index (χ1n) is 6.19. The second kappa shape index (κ2) is 5.17. The van der Waals surface area contributed by atoms with Crippen molar-refractivity contribution in [2.24, 2.45) is 7.05 Å². The molecule has 5 nitrogen and oxygen atoms in total. The Balaban J connectivity index is 2.30. The summed E-state index contributed by atoms with van der Waals surface area (Å²) in [7, 11) is 1.80. The van der Waals surface area contributed by atoms with E-state index in [-0.39, 0.29) is 12.2 Å². The molecular weight excluding hydrogens is 264 g/mol. The van der Waals surface area contributed by atoms with E-state index in [1.807, 2.05) is 26.8 Å². The van der Waals surface area contributed by atoms with Crippen LogP contribution in [0.2, 0.25) is 5.02 Å². The quantitative estimate of drug-likeness (QED) is 0.808. The molecule has 0 N–H and O–H groups in total. The number of Topliss-reactive ketones (excluding diaryl/α,β-unsaturated/α-hetero) is 1. The lowest BCUT2D eigenvalue weighted by molar-refractivity contribution is 0.0980. The molecule has 0 aliphatic carbocycles. The van der Waals surface area contributed by atoms with Crippen LogP contribution in [0.15, 0.2) is 6.07 Å². The second-order valence-electron chi connectivity index (χ2n) is 4.56. The van der Waals surface area contributed by atoms with Crippen molar-refractivity contribution in [3.63, 3.8) is 0 Å². The molecule has 0 radical (unpaired) electrons. The van der Waals surface area contributed by atoms with Gasteiger partial charge in [0.2, 0.25) is 0 Å². The minimum absolute atomic E-state index is 0.00681. The van der Waals surface area contributed by atoms with Gasteiger partial charge in [0, 0.05) is 13.6 Å². The molecule has 0 saturated heterocycles. The molecule has 0 spiro atoms. The Morgan fingerprint density at radius 3 is 2.58 bits per heavy atom. The monoisotopic (exact) mass is 280 g/mol. The van der Waals surface area contributed by atoms with Gasteiger partial charge in [-0.3, -0.25) is 14.2 Å². The summed E-state index contributed by atoms with van der Waals surface area (Å²) in [6.07, 6.45) is 0.237. The molecular formula is C13H17ClN4O. The van der Waals surface area contributed by atoms with Crippen LogP contribution in [0.5, 0.6) is 0 Å². The van der Waals surface area contributed by atoms with E-state index in [0.29, 0.717) is 17.3 Å². The zero-order chi connectivity index (χ0) is 14.2. The summed E-state index contributed by atoms with van der Waals surface area (Å²) < 4.78 is 3.38. The predicted octanol–water partition coefficient (Wildman–Crippen LogP) is 2.33. The van der Waals surface area contributed by atoms with Crippen LogP contribution in [0.4, 0.5) is 0 Å². The molecule has 2 aromatic rings. The van der Waals surface area contributed by atoms with Crippen LogP contribution < -0.4 is 0 Å². The summed E-state index contributed by atoms with van der Waals surface area (Å²) in [6, 6.07) is 1.81.